The van der Waals surface area contributed by atoms with Crippen LogP contribution in [-0.2, 0) is 17.9 Å². The van der Waals surface area contributed by atoms with Gasteiger partial charge in [0.1, 0.15) is 6.54 Å². The summed E-state index contributed by atoms with van der Waals surface area (Å²) in [4.78, 5) is 15.8. The van der Waals surface area contributed by atoms with E-state index < -0.39 is 0 Å². The second-order valence-corrected chi connectivity index (χ2v) is 5.37. The maximum atomic E-state index is 11.7. The van der Waals surface area contributed by atoms with E-state index in [1.54, 1.807) is 6.33 Å². The summed E-state index contributed by atoms with van der Waals surface area (Å²) in [5.74, 6) is 0.530. The molecule has 0 atom stereocenters. The molecule has 1 aromatic rings. The van der Waals surface area contributed by atoms with Crippen LogP contribution >= 0.6 is 0 Å². The summed E-state index contributed by atoms with van der Waals surface area (Å²) in [5, 5.41) is 6.35. The maximum absolute atomic E-state index is 11.7. The van der Waals surface area contributed by atoms with Gasteiger partial charge in [-0.15, -0.1) is 0 Å². The first kappa shape index (κ1) is 13.1. The van der Waals surface area contributed by atoms with Crippen LogP contribution in [0.15, 0.2) is 12.5 Å². The van der Waals surface area contributed by atoms with Crippen LogP contribution in [0.2, 0.25) is 0 Å². The van der Waals surface area contributed by atoms with Gasteiger partial charge in [0.2, 0.25) is 5.91 Å². The monoisotopic (exact) mass is 250 g/mol. The average Bonchev–Trinajstić information content (AvgIpc) is 3.05. The van der Waals surface area contributed by atoms with E-state index >= 15 is 0 Å². The standard InChI is InChI=1S/C13H22N4O/c1-10(2)5-16-13(18)8-17-9-14-6-12(17)7-15-11-3-4-11/h6,9-11,15H,3-5,7-8H2,1-2H3,(H,16,18). The normalized spacial score (nSPS) is 15.1. The minimum absolute atomic E-state index is 0.0503. The Kier molecular flexibility index (Phi) is 4.36. The molecule has 0 radical (unpaired) electrons. The van der Waals surface area contributed by atoms with Crippen molar-refractivity contribution in [1.29, 1.82) is 0 Å². The molecule has 1 aliphatic carbocycles. The minimum Gasteiger partial charge on any atom is -0.354 e. The van der Waals surface area contributed by atoms with Crippen molar-refractivity contribution >= 4 is 5.91 Å². The molecule has 0 bridgehead atoms. The fourth-order valence-corrected chi connectivity index (χ4v) is 1.70. The average molecular weight is 250 g/mol. The Balaban J connectivity index is 1.80. The van der Waals surface area contributed by atoms with Gasteiger partial charge in [0.15, 0.2) is 0 Å². The van der Waals surface area contributed by atoms with Gasteiger partial charge in [-0.05, 0) is 18.8 Å². The smallest absolute Gasteiger partial charge is 0.239 e. The molecule has 0 unspecified atom stereocenters. The highest BCUT2D eigenvalue weighted by Gasteiger charge is 2.20. The first-order chi connectivity index (χ1) is 8.65. The fourth-order valence-electron chi connectivity index (χ4n) is 1.70. The van der Waals surface area contributed by atoms with E-state index in [2.05, 4.69) is 29.5 Å². The second-order valence-electron chi connectivity index (χ2n) is 5.37. The van der Waals surface area contributed by atoms with Gasteiger partial charge in [0, 0.05) is 25.3 Å². The molecule has 1 amide bonds. The summed E-state index contributed by atoms with van der Waals surface area (Å²) >= 11 is 0. The third-order valence-electron chi connectivity index (χ3n) is 2.97. The van der Waals surface area contributed by atoms with Crippen molar-refractivity contribution in [2.75, 3.05) is 6.54 Å². The van der Waals surface area contributed by atoms with Crippen molar-refractivity contribution in [3.8, 4) is 0 Å². The van der Waals surface area contributed by atoms with E-state index in [-0.39, 0.29) is 5.91 Å². The highest BCUT2D eigenvalue weighted by atomic mass is 16.1. The first-order valence-electron chi connectivity index (χ1n) is 6.64. The van der Waals surface area contributed by atoms with Crippen LogP contribution in [0.4, 0.5) is 0 Å². The molecule has 0 aliphatic heterocycles. The molecule has 100 valence electrons. The van der Waals surface area contributed by atoms with Crippen LogP contribution in [0.5, 0.6) is 0 Å². The number of carbonyl (C=O) groups is 1. The highest BCUT2D eigenvalue weighted by molar-refractivity contribution is 5.75. The molecule has 1 aliphatic rings. The molecule has 5 heteroatoms. The molecule has 1 saturated carbocycles. The quantitative estimate of drug-likeness (QED) is 0.756. The molecule has 0 aromatic carbocycles. The number of carbonyl (C=O) groups excluding carboxylic acids is 1. The Hall–Kier alpha value is -1.36. The van der Waals surface area contributed by atoms with Crippen molar-refractivity contribution < 1.29 is 4.79 Å². The van der Waals surface area contributed by atoms with Crippen LogP contribution in [0.3, 0.4) is 0 Å². The van der Waals surface area contributed by atoms with Crippen molar-refractivity contribution in [3.63, 3.8) is 0 Å². The first-order valence-corrected chi connectivity index (χ1v) is 6.64. The fraction of sp³-hybridized carbons (Fsp3) is 0.692. The third-order valence-corrected chi connectivity index (χ3v) is 2.97. The number of amides is 1. The molecule has 1 aromatic heterocycles. The van der Waals surface area contributed by atoms with Crippen molar-refractivity contribution in [2.45, 2.75) is 45.8 Å². The molecule has 5 nitrogen and oxygen atoms in total. The van der Waals surface area contributed by atoms with E-state index in [0.29, 0.717) is 18.5 Å². The number of nitrogens with zero attached hydrogens (tertiary/aromatic N) is 2. The minimum atomic E-state index is 0.0503. The van der Waals surface area contributed by atoms with Crippen molar-refractivity contribution in [1.82, 2.24) is 20.2 Å². The zero-order chi connectivity index (χ0) is 13.0. The number of nitrogens with one attached hydrogen (secondary N) is 2. The molecule has 0 spiro atoms. The Morgan fingerprint density at radius 1 is 1.56 bits per heavy atom. The van der Waals surface area contributed by atoms with Crippen LogP contribution in [-0.4, -0.2) is 28.0 Å². The summed E-state index contributed by atoms with van der Waals surface area (Å²) in [7, 11) is 0. The molecule has 0 saturated heterocycles. The molecule has 2 N–H and O–H groups in total. The number of imidazole rings is 1. The third kappa shape index (κ3) is 4.14. The van der Waals surface area contributed by atoms with E-state index in [0.717, 1.165) is 18.8 Å². The Morgan fingerprint density at radius 2 is 2.33 bits per heavy atom. The number of rotatable bonds is 7. The topological polar surface area (TPSA) is 59.0 Å². The molecular weight excluding hydrogens is 228 g/mol. The zero-order valence-electron chi connectivity index (χ0n) is 11.1. The number of hydrogen-bond acceptors (Lipinski definition) is 3. The lowest BCUT2D eigenvalue weighted by molar-refractivity contribution is -0.121. The predicted molar refractivity (Wildman–Crippen MR) is 69.9 cm³/mol. The summed E-state index contributed by atoms with van der Waals surface area (Å²) in [5.41, 5.74) is 1.07. The Morgan fingerprint density at radius 3 is 3.00 bits per heavy atom. The van der Waals surface area contributed by atoms with Gasteiger partial charge in [0.05, 0.1) is 12.0 Å². The van der Waals surface area contributed by atoms with Gasteiger partial charge >= 0.3 is 0 Å². The van der Waals surface area contributed by atoms with Gasteiger partial charge in [-0.3, -0.25) is 4.79 Å². The van der Waals surface area contributed by atoms with Gasteiger partial charge in [0.25, 0.3) is 0 Å². The zero-order valence-corrected chi connectivity index (χ0v) is 11.1. The summed E-state index contributed by atoms with van der Waals surface area (Å²) in [6.07, 6.45) is 6.08. The SMILES string of the molecule is CC(C)CNC(=O)Cn1cncc1CNC1CC1. The second kappa shape index (κ2) is 6.00. The van der Waals surface area contributed by atoms with E-state index in [1.165, 1.54) is 12.8 Å². The lowest BCUT2D eigenvalue weighted by Crippen LogP contribution is -2.31. The van der Waals surface area contributed by atoms with Crippen molar-refractivity contribution in [2.24, 2.45) is 5.92 Å². The summed E-state index contributed by atoms with van der Waals surface area (Å²) in [6.45, 7) is 6.05. The molecule has 2 rings (SSSR count). The molecule has 1 fully saturated rings. The van der Waals surface area contributed by atoms with Crippen molar-refractivity contribution in [3.05, 3.63) is 18.2 Å². The van der Waals surface area contributed by atoms with Gasteiger partial charge in [-0.2, -0.15) is 0 Å². The molecule has 1 heterocycles. The Bertz CT molecular complexity index is 395. The maximum Gasteiger partial charge on any atom is 0.239 e. The summed E-state index contributed by atoms with van der Waals surface area (Å²) < 4.78 is 1.91. The highest BCUT2D eigenvalue weighted by Crippen LogP contribution is 2.19. The van der Waals surface area contributed by atoms with E-state index in [4.69, 9.17) is 0 Å². The van der Waals surface area contributed by atoms with Gasteiger partial charge in [-0.1, -0.05) is 13.8 Å². The van der Waals surface area contributed by atoms with Gasteiger partial charge < -0.3 is 15.2 Å². The Labute approximate surface area is 108 Å². The van der Waals surface area contributed by atoms with Crippen LogP contribution in [0.1, 0.15) is 32.4 Å². The van der Waals surface area contributed by atoms with E-state index in [1.807, 2.05) is 10.8 Å². The number of hydrogen-bond donors (Lipinski definition) is 2. The van der Waals surface area contributed by atoms with E-state index in [9.17, 15) is 4.79 Å². The lowest BCUT2D eigenvalue weighted by Gasteiger charge is -2.10. The predicted octanol–water partition coefficient (Wildman–Crippen LogP) is 0.907. The lowest BCUT2D eigenvalue weighted by atomic mass is 10.2. The molecular formula is C13H22N4O. The number of aromatic nitrogens is 2. The van der Waals surface area contributed by atoms with Crippen LogP contribution < -0.4 is 10.6 Å². The van der Waals surface area contributed by atoms with Gasteiger partial charge in [-0.25, -0.2) is 4.98 Å². The van der Waals surface area contributed by atoms with Crippen LogP contribution in [0.25, 0.3) is 0 Å². The molecule has 18 heavy (non-hydrogen) atoms. The summed E-state index contributed by atoms with van der Waals surface area (Å²) in [6, 6.07) is 0.670. The largest absolute Gasteiger partial charge is 0.354 e. The van der Waals surface area contributed by atoms with Crippen LogP contribution in [0, 0.1) is 5.92 Å².